The van der Waals surface area contributed by atoms with Crippen molar-refractivity contribution in [2.45, 2.75) is 25.5 Å². The first-order valence-corrected chi connectivity index (χ1v) is 16.0. The van der Waals surface area contributed by atoms with Crippen LogP contribution in [0.3, 0.4) is 0 Å². The van der Waals surface area contributed by atoms with Crippen LogP contribution in [-0.4, -0.2) is 33.0 Å². The quantitative estimate of drug-likeness (QED) is 0.217. The number of carbonyl (C=O) groups is 2. The Morgan fingerprint density at radius 2 is 1.66 bits per heavy atom. The highest BCUT2D eigenvalue weighted by atomic mass is 35.5. The van der Waals surface area contributed by atoms with E-state index in [-0.39, 0.29) is 26.8 Å². The molecule has 9 nitrogen and oxygen atoms in total. The van der Waals surface area contributed by atoms with Gasteiger partial charge in [0.1, 0.15) is 22.1 Å². The molecule has 1 fully saturated rings. The van der Waals surface area contributed by atoms with Crippen LogP contribution in [0.5, 0.6) is 11.5 Å². The molecule has 1 saturated carbocycles. The first-order valence-electron chi connectivity index (χ1n) is 13.3. The third-order valence-corrected chi connectivity index (χ3v) is 8.48. The number of alkyl halides is 3. The highest BCUT2D eigenvalue weighted by Crippen LogP contribution is 2.60. The third kappa shape index (κ3) is 9.77. The zero-order valence-electron chi connectivity index (χ0n) is 24.7. The number of sulfonamides is 1. The zero-order valence-corrected chi connectivity index (χ0v) is 27.8. The smallest absolute Gasteiger partial charge is 0.465 e. The van der Waals surface area contributed by atoms with Gasteiger partial charge in [-0.25, -0.2) is 4.79 Å². The molecule has 0 bridgehead atoms. The van der Waals surface area contributed by atoms with Crippen LogP contribution in [0.15, 0.2) is 83.4 Å². The van der Waals surface area contributed by atoms with Crippen LogP contribution in [-0.2, 0) is 24.3 Å². The maximum atomic E-state index is 12.6. The van der Waals surface area contributed by atoms with Crippen LogP contribution in [0.4, 0.5) is 18.9 Å². The van der Waals surface area contributed by atoms with Crippen molar-refractivity contribution < 1.29 is 45.4 Å². The second-order valence-corrected chi connectivity index (χ2v) is 13.6. The summed E-state index contributed by atoms with van der Waals surface area (Å²) in [5, 5.41) is 9.57. The van der Waals surface area contributed by atoms with Crippen molar-refractivity contribution in [1.82, 2.24) is 0 Å². The first kappa shape index (κ1) is 37.5. The summed E-state index contributed by atoms with van der Waals surface area (Å²) in [5.74, 6) is -0.736. The molecular formula is C31H26Cl3F3N2O7S. The number of allylic oxidation sites excluding steroid dienone is 1. The lowest BCUT2D eigenvalue weighted by molar-refractivity contribution is -0.149. The molecule has 3 aromatic rings. The van der Waals surface area contributed by atoms with Gasteiger partial charge in [0.15, 0.2) is 0 Å². The summed E-state index contributed by atoms with van der Waals surface area (Å²) in [4.78, 5) is 23.9. The number of methoxy groups -OCH3 is 1. The Labute approximate surface area is 283 Å². The van der Waals surface area contributed by atoms with Gasteiger partial charge < -0.3 is 14.2 Å². The van der Waals surface area contributed by atoms with E-state index < -0.39 is 44.8 Å². The standard InChI is InChI=1S/C22H19Cl2NO3.C9H7ClF3NO4S/c1-22(2)17(12-19(23)24)20(22)21(26)28-18(13-25)14-7-6-10-16(11-14)27-15-8-4-3-5-9-15;1-18-8(15)6-4-5(10)2-3-7(6)14-19(16,17)9(11,12)13/h3-12,17-18,20H,1-2H3;2-4,14H,1H3/t17-,18?,20-;/m0./s1. The van der Waals surface area contributed by atoms with Crippen molar-refractivity contribution in [3.05, 3.63) is 99.5 Å². The van der Waals surface area contributed by atoms with Crippen LogP contribution in [0.25, 0.3) is 0 Å². The minimum absolute atomic E-state index is 0.0374. The average molecular weight is 734 g/mol. The number of benzene rings is 3. The van der Waals surface area contributed by atoms with Crippen molar-refractivity contribution in [3.8, 4) is 17.6 Å². The predicted molar refractivity (Wildman–Crippen MR) is 169 cm³/mol. The molecule has 47 heavy (non-hydrogen) atoms. The molecule has 0 heterocycles. The number of nitriles is 1. The normalized spacial score (nSPS) is 17.0. The number of anilines is 1. The highest BCUT2D eigenvalue weighted by molar-refractivity contribution is 7.93. The van der Waals surface area contributed by atoms with E-state index in [1.54, 1.807) is 30.3 Å². The minimum atomic E-state index is -5.63. The number of hydrogen-bond donors (Lipinski definition) is 1. The van der Waals surface area contributed by atoms with E-state index in [2.05, 4.69) is 4.74 Å². The van der Waals surface area contributed by atoms with E-state index in [4.69, 9.17) is 44.3 Å². The van der Waals surface area contributed by atoms with Gasteiger partial charge >= 0.3 is 27.5 Å². The Balaban J connectivity index is 0.000000277. The van der Waals surface area contributed by atoms with Gasteiger partial charge in [-0.05, 0) is 59.9 Å². The number of esters is 2. The summed E-state index contributed by atoms with van der Waals surface area (Å²) in [5.41, 5.74) is -6.27. The fourth-order valence-electron chi connectivity index (χ4n) is 4.39. The molecule has 3 aromatic carbocycles. The molecule has 3 atom stereocenters. The van der Waals surface area contributed by atoms with Crippen molar-refractivity contribution in [1.29, 1.82) is 5.26 Å². The van der Waals surface area contributed by atoms with Crippen LogP contribution in [0.1, 0.15) is 35.9 Å². The maximum Gasteiger partial charge on any atom is 0.516 e. The van der Waals surface area contributed by atoms with Gasteiger partial charge in [-0.15, -0.1) is 0 Å². The maximum absolute atomic E-state index is 12.6. The molecule has 0 spiro atoms. The first-order chi connectivity index (χ1) is 21.9. The van der Waals surface area contributed by atoms with Crippen LogP contribution < -0.4 is 9.46 Å². The average Bonchev–Trinajstić information content (AvgIpc) is 3.54. The Kier molecular flexibility index (Phi) is 12.2. The van der Waals surface area contributed by atoms with Gasteiger partial charge in [0, 0.05) is 10.6 Å². The molecule has 0 saturated heterocycles. The predicted octanol–water partition coefficient (Wildman–Crippen LogP) is 8.57. The molecule has 0 amide bonds. The van der Waals surface area contributed by atoms with Gasteiger partial charge in [0.25, 0.3) is 0 Å². The van der Waals surface area contributed by atoms with Crippen LogP contribution >= 0.6 is 34.8 Å². The Bertz CT molecular complexity index is 1790. The SMILES string of the molecule is CC1(C)[C@H](C(=O)OC(C#N)c2cccc(Oc3ccccc3)c2)[C@@H]1C=C(Cl)Cl.COC(=O)c1cc(Cl)ccc1NS(=O)(=O)C(F)(F)F. The van der Waals surface area contributed by atoms with Crippen molar-refractivity contribution >= 4 is 62.5 Å². The van der Waals surface area contributed by atoms with E-state index in [9.17, 15) is 36.4 Å². The van der Waals surface area contributed by atoms with Crippen molar-refractivity contribution in [2.75, 3.05) is 11.8 Å². The van der Waals surface area contributed by atoms with Gasteiger partial charge in [-0.3, -0.25) is 9.52 Å². The van der Waals surface area contributed by atoms with Gasteiger partial charge in [-0.1, -0.05) is 79.0 Å². The van der Waals surface area contributed by atoms with Crippen molar-refractivity contribution in [3.63, 3.8) is 0 Å². The molecule has 1 N–H and O–H groups in total. The number of rotatable bonds is 9. The van der Waals surface area contributed by atoms with E-state index in [0.29, 0.717) is 17.1 Å². The molecule has 250 valence electrons. The molecule has 0 radical (unpaired) electrons. The molecule has 0 aliphatic heterocycles. The minimum Gasteiger partial charge on any atom is -0.465 e. The van der Waals surface area contributed by atoms with Crippen molar-refractivity contribution in [2.24, 2.45) is 17.3 Å². The number of para-hydroxylation sites is 1. The molecule has 0 aromatic heterocycles. The number of carbonyl (C=O) groups excluding carboxylic acids is 2. The Hall–Kier alpha value is -3.96. The Morgan fingerprint density at radius 3 is 2.23 bits per heavy atom. The van der Waals surface area contributed by atoms with E-state index >= 15 is 0 Å². The summed E-state index contributed by atoms with van der Waals surface area (Å²) in [6.07, 6.45) is 0.615. The summed E-state index contributed by atoms with van der Waals surface area (Å²) in [6.45, 7) is 3.87. The lowest BCUT2D eigenvalue weighted by Gasteiger charge is -2.13. The Morgan fingerprint density at radius 1 is 1.02 bits per heavy atom. The molecule has 4 rings (SSSR count). The zero-order chi connectivity index (χ0) is 35.2. The molecular weight excluding hydrogens is 708 g/mol. The van der Waals surface area contributed by atoms with Crippen LogP contribution in [0, 0.1) is 28.6 Å². The monoisotopic (exact) mass is 732 g/mol. The lowest BCUT2D eigenvalue weighted by atomic mass is 10.1. The summed E-state index contributed by atoms with van der Waals surface area (Å²) in [6, 6.07) is 21.3. The number of nitrogens with zero attached hydrogens (tertiary/aromatic N) is 1. The van der Waals surface area contributed by atoms with Gasteiger partial charge in [-0.2, -0.15) is 26.9 Å². The highest BCUT2D eigenvalue weighted by Gasteiger charge is 2.62. The topological polar surface area (TPSA) is 132 Å². The van der Waals surface area contributed by atoms with Gasteiger partial charge in [0.2, 0.25) is 6.10 Å². The second kappa shape index (κ2) is 15.3. The fraction of sp³-hybridized carbons (Fsp3) is 0.258. The molecule has 1 unspecified atom stereocenters. The molecule has 16 heteroatoms. The lowest BCUT2D eigenvalue weighted by Crippen LogP contribution is -2.30. The van der Waals surface area contributed by atoms with E-state index in [0.717, 1.165) is 25.3 Å². The van der Waals surface area contributed by atoms with Crippen LogP contribution in [0.2, 0.25) is 5.02 Å². The largest absolute Gasteiger partial charge is 0.516 e. The van der Waals surface area contributed by atoms with E-state index in [1.165, 1.54) is 4.72 Å². The van der Waals surface area contributed by atoms with E-state index in [1.807, 2.05) is 50.2 Å². The van der Waals surface area contributed by atoms with Gasteiger partial charge in [0.05, 0.1) is 24.3 Å². The number of nitrogens with one attached hydrogen (secondary N) is 1. The summed E-state index contributed by atoms with van der Waals surface area (Å²) < 4.78 is 75.5. The third-order valence-electron chi connectivity index (χ3n) is 6.90. The second-order valence-electron chi connectivity index (χ2n) is 10.4. The number of ether oxygens (including phenoxy) is 3. The summed E-state index contributed by atoms with van der Waals surface area (Å²) in [7, 11) is -4.64. The number of halogens is 6. The number of hydrogen-bond acceptors (Lipinski definition) is 8. The molecule has 1 aliphatic carbocycles. The fourth-order valence-corrected chi connectivity index (χ4v) is 5.41. The summed E-state index contributed by atoms with van der Waals surface area (Å²) >= 11 is 17.0. The molecule has 1 aliphatic rings.